The maximum absolute atomic E-state index is 4.68. The van der Waals surface area contributed by atoms with E-state index in [0.29, 0.717) is 0 Å². The third-order valence-corrected chi connectivity index (χ3v) is 3.17. The van der Waals surface area contributed by atoms with Gasteiger partial charge in [-0.25, -0.2) is 9.50 Å². The van der Waals surface area contributed by atoms with Crippen molar-refractivity contribution in [2.75, 3.05) is 0 Å². The number of aryl methyl sites for hydroxylation is 3. The third-order valence-electron chi connectivity index (χ3n) is 3.17. The molecule has 0 aliphatic rings. The van der Waals surface area contributed by atoms with Crippen LogP contribution in [0.25, 0.3) is 16.9 Å². The highest BCUT2D eigenvalue weighted by Gasteiger charge is 2.13. The number of aromatic nitrogens is 3. The summed E-state index contributed by atoms with van der Waals surface area (Å²) in [6.45, 7) is 6.15. The van der Waals surface area contributed by atoms with Gasteiger partial charge in [-0.3, -0.25) is 0 Å². The van der Waals surface area contributed by atoms with Crippen molar-refractivity contribution in [3.63, 3.8) is 0 Å². The molecular weight excluding hydrogens is 222 g/mol. The minimum absolute atomic E-state index is 0.950. The molecule has 3 nitrogen and oxygen atoms in total. The Labute approximate surface area is 106 Å². The van der Waals surface area contributed by atoms with E-state index in [4.69, 9.17) is 0 Å². The van der Waals surface area contributed by atoms with Crippen LogP contribution < -0.4 is 0 Å². The molecule has 0 N–H and O–H groups in total. The Morgan fingerprint density at radius 2 is 1.72 bits per heavy atom. The van der Waals surface area contributed by atoms with Crippen LogP contribution in [0.2, 0.25) is 0 Å². The van der Waals surface area contributed by atoms with E-state index in [1.807, 2.05) is 35.7 Å². The molecule has 0 saturated heterocycles. The molecule has 0 radical (unpaired) electrons. The molecule has 18 heavy (non-hydrogen) atoms. The maximum Gasteiger partial charge on any atom is 0.159 e. The average molecular weight is 237 g/mol. The summed E-state index contributed by atoms with van der Waals surface area (Å²) < 4.78 is 1.92. The average Bonchev–Trinajstić information content (AvgIpc) is 2.69. The van der Waals surface area contributed by atoms with Crippen LogP contribution in [-0.2, 0) is 0 Å². The fourth-order valence-corrected chi connectivity index (χ4v) is 2.30. The van der Waals surface area contributed by atoms with Gasteiger partial charge in [0.25, 0.3) is 0 Å². The number of fused-ring (bicyclic) bond motifs is 1. The summed E-state index contributed by atoms with van der Waals surface area (Å²) in [5.74, 6) is 0. The molecule has 0 fully saturated rings. The molecular formula is C15H15N3. The van der Waals surface area contributed by atoms with Crippen LogP contribution in [0.3, 0.4) is 0 Å². The molecule has 0 atom stereocenters. The minimum atomic E-state index is 0.950. The van der Waals surface area contributed by atoms with Crippen LogP contribution >= 0.6 is 0 Å². The fraction of sp³-hybridized carbons (Fsp3) is 0.200. The molecule has 0 bridgehead atoms. The Bertz CT molecular complexity index is 711. The first kappa shape index (κ1) is 11.0. The van der Waals surface area contributed by atoms with Crippen LogP contribution in [0.4, 0.5) is 0 Å². The first-order valence-electron chi connectivity index (χ1n) is 6.06. The summed E-state index contributed by atoms with van der Waals surface area (Å²) in [5, 5.41) is 4.68. The van der Waals surface area contributed by atoms with Crippen molar-refractivity contribution in [1.29, 1.82) is 0 Å². The summed E-state index contributed by atoms with van der Waals surface area (Å²) in [6.07, 6.45) is 0. The Morgan fingerprint density at radius 3 is 2.44 bits per heavy atom. The van der Waals surface area contributed by atoms with E-state index in [2.05, 4.69) is 36.1 Å². The van der Waals surface area contributed by atoms with Crippen molar-refractivity contribution in [3.8, 4) is 11.3 Å². The van der Waals surface area contributed by atoms with Gasteiger partial charge in [0.15, 0.2) is 5.65 Å². The van der Waals surface area contributed by atoms with Crippen molar-refractivity contribution in [3.05, 3.63) is 53.3 Å². The van der Waals surface area contributed by atoms with E-state index in [1.54, 1.807) is 0 Å². The molecule has 0 spiro atoms. The van der Waals surface area contributed by atoms with Gasteiger partial charge in [-0.15, -0.1) is 0 Å². The monoisotopic (exact) mass is 237 g/mol. The van der Waals surface area contributed by atoms with Crippen LogP contribution in [0.5, 0.6) is 0 Å². The Hall–Kier alpha value is -2.16. The van der Waals surface area contributed by atoms with Gasteiger partial charge in [0.1, 0.15) is 0 Å². The summed E-state index contributed by atoms with van der Waals surface area (Å²) in [5.41, 5.74) is 6.37. The normalized spacial score (nSPS) is 11.1. The zero-order valence-corrected chi connectivity index (χ0v) is 10.8. The molecule has 2 aromatic heterocycles. The second kappa shape index (κ2) is 3.95. The number of hydrogen-bond donors (Lipinski definition) is 0. The fourth-order valence-electron chi connectivity index (χ4n) is 2.30. The number of rotatable bonds is 1. The predicted molar refractivity (Wildman–Crippen MR) is 72.6 cm³/mol. The lowest BCUT2D eigenvalue weighted by Crippen LogP contribution is -1.97. The highest BCUT2D eigenvalue weighted by atomic mass is 15.3. The van der Waals surface area contributed by atoms with Crippen molar-refractivity contribution in [2.24, 2.45) is 0 Å². The van der Waals surface area contributed by atoms with E-state index in [0.717, 1.165) is 33.9 Å². The lowest BCUT2D eigenvalue weighted by Gasteiger charge is -1.99. The smallest absolute Gasteiger partial charge is 0.159 e. The van der Waals surface area contributed by atoms with Gasteiger partial charge < -0.3 is 0 Å². The first-order valence-corrected chi connectivity index (χ1v) is 6.06. The second-order valence-electron chi connectivity index (χ2n) is 4.61. The molecule has 3 heteroatoms. The highest BCUT2D eigenvalue weighted by molar-refractivity contribution is 5.70. The summed E-state index contributed by atoms with van der Waals surface area (Å²) >= 11 is 0. The van der Waals surface area contributed by atoms with Gasteiger partial charge in [-0.05, 0) is 26.8 Å². The van der Waals surface area contributed by atoms with Gasteiger partial charge in [0.2, 0.25) is 0 Å². The molecule has 3 rings (SSSR count). The van der Waals surface area contributed by atoms with E-state index in [9.17, 15) is 0 Å². The highest BCUT2D eigenvalue weighted by Crippen LogP contribution is 2.25. The van der Waals surface area contributed by atoms with Crippen LogP contribution in [0, 0.1) is 20.8 Å². The zero-order chi connectivity index (χ0) is 12.7. The maximum atomic E-state index is 4.68. The van der Waals surface area contributed by atoms with Gasteiger partial charge in [-0.2, -0.15) is 5.10 Å². The Kier molecular flexibility index (Phi) is 2.40. The second-order valence-corrected chi connectivity index (χ2v) is 4.61. The van der Waals surface area contributed by atoms with E-state index < -0.39 is 0 Å². The molecule has 0 aliphatic carbocycles. The molecule has 90 valence electrons. The van der Waals surface area contributed by atoms with Gasteiger partial charge in [0, 0.05) is 22.5 Å². The van der Waals surface area contributed by atoms with E-state index in [1.165, 1.54) is 0 Å². The lowest BCUT2D eigenvalue weighted by molar-refractivity contribution is 0.889. The molecule has 0 saturated carbocycles. The zero-order valence-electron chi connectivity index (χ0n) is 10.8. The largest absolute Gasteiger partial charge is 0.234 e. The summed E-state index contributed by atoms with van der Waals surface area (Å²) in [4.78, 5) is 4.58. The topological polar surface area (TPSA) is 30.2 Å². The van der Waals surface area contributed by atoms with Crippen molar-refractivity contribution in [1.82, 2.24) is 14.6 Å². The Morgan fingerprint density at radius 1 is 1.00 bits per heavy atom. The number of nitrogens with zero attached hydrogens (tertiary/aromatic N) is 3. The molecule has 1 aromatic carbocycles. The van der Waals surface area contributed by atoms with Gasteiger partial charge in [0.05, 0.1) is 5.69 Å². The first-order chi connectivity index (χ1) is 8.66. The van der Waals surface area contributed by atoms with Crippen LogP contribution in [-0.4, -0.2) is 14.6 Å². The number of hydrogen-bond acceptors (Lipinski definition) is 2. The van der Waals surface area contributed by atoms with Gasteiger partial charge in [-0.1, -0.05) is 30.3 Å². The molecule has 0 unspecified atom stereocenters. The SMILES string of the molecule is Cc1cc(C)n2nc(-c3ccccc3)c(C)c2n1. The lowest BCUT2D eigenvalue weighted by atomic mass is 10.1. The van der Waals surface area contributed by atoms with Crippen LogP contribution in [0.15, 0.2) is 36.4 Å². The molecule has 0 aliphatic heterocycles. The van der Waals surface area contributed by atoms with Crippen molar-refractivity contribution >= 4 is 5.65 Å². The quantitative estimate of drug-likeness (QED) is 0.650. The summed E-state index contributed by atoms with van der Waals surface area (Å²) in [7, 11) is 0. The van der Waals surface area contributed by atoms with E-state index >= 15 is 0 Å². The van der Waals surface area contributed by atoms with Crippen LogP contribution in [0.1, 0.15) is 17.0 Å². The standard InChI is InChI=1S/C15H15N3/c1-10-9-11(2)18-15(16-10)12(3)14(17-18)13-7-5-4-6-8-13/h4-9H,1-3H3. The molecule has 2 heterocycles. The van der Waals surface area contributed by atoms with Crippen molar-refractivity contribution < 1.29 is 0 Å². The number of benzene rings is 1. The minimum Gasteiger partial charge on any atom is -0.234 e. The summed E-state index contributed by atoms with van der Waals surface area (Å²) in [6, 6.07) is 12.3. The third kappa shape index (κ3) is 1.59. The molecule has 3 aromatic rings. The molecule has 0 amide bonds. The van der Waals surface area contributed by atoms with E-state index in [-0.39, 0.29) is 0 Å². The Balaban J connectivity index is 2.33. The predicted octanol–water partition coefficient (Wildman–Crippen LogP) is 3.32. The van der Waals surface area contributed by atoms with Crippen molar-refractivity contribution in [2.45, 2.75) is 20.8 Å². The van der Waals surface area contributed by atoms with Gasteiger partial charge >= 0.3 is 0 Å².